The van der Waals surface area contributed by atoms with Gasteiger partial charge < -0.3 is 9.64 Å². The molecule has 0 unspecified atom stereocenters. The summed E-state index contributed by atoms with van der Waals surface area (Å²) in [6.45, 7) is 3.20. The minimum Gasteiger partial charge on any atom is -0.383 e. The lowest BCUT2D eigenvalue weighted by Gasteiger charge is -2.46. The molecule has 1 aromatic carbocycles. The van der Waals surface area contributed by atoms with E-state index in [0.717, 1.165) is 43.6 Å². The van der Waals surface area contributed by atoms with Crippen molar-refractivity contribution in [3.63, 3.8) is 0 Å². The van der Waals surface area contributed by atoms with E-state index in [1.807, 2.05) is 4.90 Å². The highest BCUT2D eigenvalue weighted by Gasteiger charge is 2.41. The SMILES string of the molecule is COCCN1C[C@H]2CCN(Cc3ccc(C(F)(F)F)cc3)[C@H](C2)C1=O. The van der Waals surface area contributed by atoms with Gasteiger partial charge in [-0.05, 0) is 43.0 Å². The molecule has 2 saturated heterocycles. The Balaban J connectivity index is 1.67. The van der Waals surface area contributed by atoms with Crippen molar-refractivity contribution in [3.8, 4) is 0 Å². The maximum Gasteiger partial charge on any atom is 0.416 e. The second kappa shape index (κ2) is 7.33. The van der Waals surface area contributed by atoms with Crippen molar-refractivity contribution < 1.29 is 22.7 Å². The van der Waals surface area contributed by atoms with Crippen LogP contribution >= 0.6 is 0 Å². The first-order valence-electron chi connectivity index (χ1n) is 8.56. The minimum atomic E-state index is -4.32. The van der Waals surface area contributed by atoms with E-state index in [1.165, 1.54) is 12.1 Å². The third-order valence-corrected chi connectivity index (χ3v) is 5.13. The molecule has 0 aromatic heterocycles. The molecule has 2 heterocycles. The van der Waals surface area contributed by atoms with Gasteiger partial charge in [-0.25, -0.2) is 0 Å². The Bertz CT molecular complexity index is 603. The van der Waals surface area contributed by atoms with Gasteiger partial charge in [-0.2, -0.15) is 13.2 Å². The number of fused-ring (bicyclic) bond motifs is 2. The highest BCUT2D eigenvalue weighted by Crippen LogP contribution is 2.32. The van der Waals surface area contributed by atoms with Gasteiger partial charge in [-0.1, -0.05) is 12.1 Å². The first kappa shape index (κ1) is 18.2. The minimum absolute atomic E-state index is 0.111. The summed E-state index contributed by atoms with van der Waals surface area (Å²) in [7, 11) is 1.62. The molecule has 1 aromatic rings. The van der Waals surface area contributed by atoms with Gasteiger partial charge in [0.25, 0.3) is 0 Å². The van der Waals surface area contributed by atoms with Gasteiger partial charge in [-0.3, -0.25) is 9.69 Å². The number of rotatable bonds is 5. The normalized spacial score (nSPS) is 24.6. The van der Waals surface area contributed by atoms with Crippen molar-refractivity contribution in [1.82, 2.24) is 9.80 Å². The summed E-state index contributed by atoms with van der Waals surface area (Å²) in [6.07, 6.45) is -2.48. The number of piperidine rings is 2. The number of halogens is 3. The standard InChI is InChI=1S/C18H23F3N2O2/c1-25-9-8-23-12-14-6-7-22(16(10-14)17(23)24)11-13-2-4-15(5-3-13)18(19,20)21/h2-5,14,16H,6-12H2,1H3/t14-,16+/m0/s1. The van der Waals surface area contributed by atoms with Crippen LogP contribution in [0.25, 0.3) is 0 Å². The van der Waals surface area contributed by atoms with Crippen LogP contribution in [0.3, 0.4) is 0 Å². The van der Waals surface area contributed by atoms with Crippen molar-refractivity contribution in [2.75, 3.05) is 33.4 Å². The number of likely N-dealkylation sites (tertiary alicyclic amines) is 2. The van der Waals surface area contributed by atoms with E-state index in [1.54, 1.807) is 7.11 Å². The van der Waals surface area contributed by atoms with Crippen LogP contribution in [0.15, 0.2) is 24.3 Å². The lowest BCUT2D eigenvalue weighted by Crippen LogP contribution is -2.58. The molecule has 0 saturated carbocycles. The topological polar surface area (TPSA) is 32.8 Å². The molecule has 4 nitrogen and oxygen atoms in total. The van der Waals surface area contributed by atoms with Crippen LogP contribution in [-0.2, 0) is 22.3 Å². The lowest BCUT2D eigenvalue weighted by atomic mass is 9.85. The van der Waals surface area contributed by atoms with Crippen LogP contribution in [0.2, 0.25) is 0 Å². The van der Waals surface area contributed by atoms with Crippen molar-refractivity contribution in [2.24, 2.45) is 5.92 Å². The van der Waals surface area contributed by atoms with Crippen LogP contribution in [0, 0.1) is 5.92 Å². The fraction of sp³-hybridized carbons (Fsp3) is 0.611. The number of benzene rings is 1. The average Bonchev–Trinajstić information content (AvgIpc) is 2.58. The largest absolute Gasteiger partial charge is 0.416 e. The summed E-state index contributed by atoms with van der Waals surface area (Å²) in [5.41, 5.74) is 0.155. The molecular formula is C18H23F3N2O2. The monoisotopic (exact) mass is 356 g/mol. The smallest absolute Gasteiger partial charge is 0.383 e. The lowest BCUT2D eigenvalue weighted by molar-refractivity contribution is -0.146. The number of carbonyl (C=O) groups is 1. The molecule has 0 aliphatic carbocycles. The molecule has 2 aliphatic heterocycles. The maximum absolute atomic E-state index is 12.7. The number of hydrogen-bond acceptors (Lipinski definition) is 3. The highest BCUT2D eigenvalue weighted by molar-refractivity contribution is 5.83. The Labute approximate surface area is 145 Å². The van der Waals surface area contributed by atoms with E-state index in [-0.39, 0.29) is 11.9 Å². The van der Waals surface area contributed by atoms with Crippen LogP contribution in [-0.4, -0.2) is 55.1 Å². The second-order valence-electron chi connectivity index (χ2n) is 6.85. The van der Waals surface area contributed by atoms with Crippen molar-refractivity contribution in [1.29, 1.82) is 0 Å². The average molecular weight is 356 g/mol. The molecule has 3 rings (SSSR count). The van der Waals surface area contributed by atoms with Gasteiger partial charge in [0, 0.05) is 26.7 Å². The summed E-state index contributed by atoms with van der Waals surface area (Å²) >= 11 is 0. The molecule has 2 fully saturated rings. The summed E-state index contributed by atoms with van der Waals surface area (Å²) < 4.78 is 43.1. The fourth-order valence-electron chi connectivity index (χ4n) is 3.75. The van der Waals surface area contributed by atoms with Gasteiger partial charge in [0.1, 0.15) is 0 Å². The van der Waals surface area contributed by atoms with Crippen molar-refractivity contribution in [2.45, 2.75) is 31.6 Å². The summed E-state index contributed by atoms with van der Waals surface area (Å²) in [4.78, 5) is 16.7. The second-order valence-corrected chi connectivity index (χ2v) is 6.85. The van der Waals surface area contributed by atoms with Gasteiger partial charge in [0.05, 0.1) is 18.2 Å². The Morgan fingerprint density at radius 2 is 1.96 bits per heavy atom. The van der Waals surface area contributed by atoms with Crippen molar-refractivity contribution in [3.05, 3.63) is 35.4 Å². The maximum atomic E-state index is 12.7. The third kappa shape index (κ3) is 4.15. The predicted molar refractivity (Wildman–Crippen MR) is 86.8 cm³/mol. The molecule has 7 heteroatoms. The highest BCUT2D eigenvalue weighted by atomic mass is 19.4. The summed E-state index contributed by atoms with van der Waals surface area (Å²) in [6, 6.07) is 5.05. The Hall–Kier alpha value is -1.60. The molecule has 0 spiro atoms. The van der Waals surface area contributed by atoms with Crippen LogP contribution in [0.4, 0.5) is 13.2 Å². The van der Waals surface area contributed by atoms with E-state index in [0.29, 0.717) is 25.6 Å². The number of alkyl halides is 3. The van der Waals surface area contributed by atoms with Gasteiger partial charge in [-0.15, -0.1) is 0 Å². The molecule has 2 atom stereocenters. The molecule has 0 N–H and O–H groups in total. The van der Waals surface area contributed by atoms with E-state index < -0.39 is 11.7 Å². The van der Waals surface area contributed by atoms with E-state index in [2.05, 4.69) is 4.90 Å². The fourth-order valence-corrected chi connectivity index (χ4v) is 3.75. The number of nitrogens with zero attached hydrogens (tertiary/aromatic N) is 2. The van der Waals surface area contributed by atoms with Crippen LogP contribution in [0.5, 0.6) is 0 Å². The molecule has 2 aliphatic rings. The summed E-state index contributed by atoms with van der Waals surface area (Å²) in [5.74, 6) is 0.614. The third-order valence-electron chi connectivity index (χ3n) is 5.13. The van der Waals surface area contributed by atoms with Crippen LogP contribution < -0.4 is 0 Å². The van der Waals surface area contributed by atoms with E-state index in [4.69, 9.17) is 4.74 Å². The molecule has 2 bridgehead atoms. The number of hydrogen-bond donors (Lipinski definition) is 0. The zero-order valence-corrected chi connectivity index (χ0v) is 14.3. The first-order valence-corrected chi connectivity index (χ1v) is 8.56. The molecule has 138 valence electrons. The molecular weight excluding hydrogens is 333 g/mol. The Kier molecular flexibility index (Phi) is 5.34. The van der Waals surface area contributed by atoms with Gasteiger partial charge in [0.2, 0.25) is 5.91 Å². The number of methoxy groups -OCH3 is 1. The summed E-state index contributed by atoms with van der Waals surface area (Å²) in [5, 5.41) is 0. The van der Waals surface area contributed by atoms with Gasteiger partial charge >= 0.3 is 6.18 Å². The molecule has 0 radical (unpaired) electrons. The molecule has 1 amide bonds. The number of carbonyl (C=O) groups excluding carboxylic acids is 1. The quantitative estimate of drug-likeness (QED) is 0.813. The first-order chi connectivity index (χ1) is 11.9. The van der Waals surface area contributed by atoms with E-state index in [9.17, 15) is 18.0 Å². The van der Waals surface area contributed by atoms with Crippen molar-refractivity contribution >= 4 is 5.91 Å². The number of amides is 1. The zero-order chi connectivity index (χ0) is 18.0. The van der Waals surface area contributed by atoms with Crippen LogP contribution in [0.1, 0.15) is 24.0 Å². The molecule has 25 heavy (non-hydrogen) atoms. The number of ether oxygens (including phenoxy) is 1. The zero-order valence-electron chi connectivity index (χ0n) is 14.3. The van der Waals surface area contributed by atoms with Gasteiger partial charge in [0.15, 0.2) is 0 Å². The predicted octanol–water partition coefficient (Wildman–Crippen LogP) is 2.77. The Morgan fingerprint density at radius 3 is 2.60 bits per heavy atom. The Morgan fingerprint density at radius 1 is 1.24 bits per heavy atom. The van der Waals surface area contributed by atoms with E-state index >= 15 is 0 Å².